The molecule has 0 aliphatic rings. The molecule has 0 bridgehead atoms. The number of hydrogen-bond donors (Lipinski definition) is 1. The molecule has 0 saturated heterocycles. The number of methoxy groups -OCH3 is 1. The van der Waals surface area contributed by atoms with Crippen LogP contribution in [-0.4, -0.2) is 41.2 Å². The summed E-state index contributed by atoms with van der Waals surface area (Å²) in [6.07, 6.45) is 0. The minimum absolute atomic E-state index is 0.132. The molecule has 1 aromatic heterocycles. The maximum absolute atomic E-state index is 12.4. The van der Waals surface area contributed by atoms with Gasteiger partial charge in [0.15, 0.2) is 0 Å². The number of halogens is 1. The van der Waals surface area contributed by atoms with Crippen LogP contribution in [0.2, 0.25) is 5.02 Å². The Morgan fingerprint density at radius 2 is 2.00 bits per heavy atom. The smallest absolute Gasteiger partial charge is 0.247 e. The molecule has 0 unspecified atom stereocenters. The lowest BCUT2D eigenvalue weighted by atomic mass is 10.2. The topological polar surface area (TPSA) is 80.5 Å². The average Bonchev–Trinajstić information content (AvgIpc) is 3.16. The van der Waals surface area contributed by atoms with E-state index in [9.17, 15) is 4.79 Å². The SMILES string of the molecule is CCN(CC(=O)Nc1cccc(OC)c1)Cc1nnc(-c2ccc(Cl)cc2)o1. The number of carbonyl (C=O) groups is 1. The van der Waals surface area contributed by atoms with Crippen molar-refractivity contribution in [2.45, 2.75) is 13.5 Å². The Kier molecular flexibility index (Phi) is 6.62. The Bertz CT molecular complexity index is 927. The molecule has 0 radical (unpaired) electrons. The molecule has 3 rings (SSSR count). The Hall–Kier alpha value is -2.90. The van der Waals surface area contributed by atoms with E-state index in [4.69, 9.17) is 20.8 Å². The first-order valence-corrected chi connectivity index (χ1v) is 9.19. The largest absolute Gasteiger partial charge is 0.497 e. The first-order chi connectivity index (χ1) is 13.6. The average molecular weight is 401 g/mol. The van der Waals surface area contributed by atoms with Crippen molar-refractivity contribution in [2.75, 3.05) is 25.5 Å². The summed E-state index contributed by atoms with van der Waals surface area (Å²) in [7, 11) is 1.59. The standard InChI is InChI=1S/C20H21ClN4O3/c1-3-25(12-18(26)22-16-5-4-6-17(11-16)27-2)13-19-23-24-20(28-19)14-7-9-15(21)10-8-14/h4-11H,3,12-13H2,1-2H3,(H,22,26). The maximum atomic E-state index is 12.4. The van der Waals surface area contributed by atoms with Gasteiger partial charge in [-0.25, -0.2) is 0 Å². The van der Waals surface area contributed by atoms with E-state index in [0.717, 1.165) is 5.56 Å². The number of likely N-dealkylation sites (N-methyl/N-ethyl adjacent to an activating group) is 1. The predicted molar refractivity (Wildman–Crippen MR) is 107 cm³/mol. The highest BCUT2D eigenvalue weighted by molar-refractivity contribution is 6.30. The van der Waals surface area contributed by atoms with E-state index >= 15 is 0 Å². The Labute approximate surface area is 168 Å². The third-order valence-corrected chi connectivity index (χ3v) is 4.34. The molecule has 0 aliphatic heterocycles. The van der Waals surface area contributed by atoms with Crippen molar-refractivity contribution in [3.05, 3.63) is 59.4 Å². The number of benzene rings is 2. The molecule has 0 aliphatic carbocycles. The van der Waals surface area contributed by atoms with E-state index < -0.39 is 0 Å². The quantitative estimate of drug-likeness (QED) is 0.618. The van der Waals surface area contributed by atoms with Crippen molar-refractivity contribution in [1.82, 2.24) is 15.1 Å². The molecule has 1 heterocycles. The summed E-state index contributed by atoms with van der Waals surface area (Å²) in [6.45, 7) is 3.20. The molecule has 0 spiro atoms. The van der Waals surface area contributed by atoms with Crippen molar-refractivity contribution in [3.8, 4) is 17.2 Å². The fourth-order valence-corrected chi connectivity index (χ4v) is 2.73. The second-order valence-corrected chi connectivity index (χ2v) is 6.53. The lowest BCUT2D eigenvalue weighted by molar-refractivity contribution is -0.117. The maximum Gasteiger partial charge on any atom is 0.247 e. The first kappa shape index (κ1) is 19.9. The van der Waals surface area contributed by atoms with E-state index in [0.29, 0.717) is 41.3 Å². The van der Waals surface area contributed by atoms with E-state index in [1.54, 1.807) is 25.3 Å². The molecule has 0 atom stereocenters. The van der Waals surface area contributed by atoms with Crippen LogP contribution in [0.1, 0.15) is 12.8 Å². The summed E-state index contributed by atoms with van der Waals surface area (Å²) >= 11 is 5.90. The minimum atomic E-state index is -0.132. The van der Waals surface area contributed by atoms with Crippen molar-refractivity contribution in [2.24, 2.45) is 0 Å². The third kappa shape index (κ3) is 5.31. The lowest BCUT2D eigenvalue weighted by Gasteiger charge is -2.17. The lowest BCUT2D eigenvalue weighted by Crippen LogP contribution is -2.32. The molecular formula is C20H21ClN4O3. The molecule has 2 aromatic carbocycles. The number of anilines is 1. The zero-order valence-corrected chi connectivity index (χ0v) is 16.4. The molecular weight excluding hydrogens is 380 g/mol. The summed E-state index contributed by atoms with van der Waals surface area (Å²) in [5.74, 6) is 1.42. The van der Waals surface area contributed by atoms with Gasteiger partial charge in [0.2, 0.25) is 17.7 Å². The highest BCUT2D eigenvalue weighted by Crippen LogP contribution is 2.21. The van der Waals surface area contributed by atoms with Crippen LogP contribution in [-0.2, 0) is 11.3 Å². The van der Waals surface area contributed by atoms with Gasteiger partial charge in [-0.05, 0) is 42.9 Å². The van der Waals surface area contributed by atoms with Crippen LogP contribution in [0.4, 0.5) is 5.69 Å². The monoisotopic (exact) mass is 400 g/mol. The second-order valence-electron chi connectivity index (χ2n) is 6.09. The predicted octanol–water partition coefficient (Wildman–Crippen LogP) is 3.86. The zero-order chi connectivity index (χ0) is 19.9. The number of rotatable bonds is 8. The molecule has 28 heavy (non-hydrogen) atoms. The van der Waals surface area contributed by atoms with Crippen LogP contribution in [0.5, 0.6) is 5.75 Å². The van der Waals surface area contributed by atoms with Crippen molar-refractivity contribution in [3.63, 3.8) is 0 Å². The number of amides is 1. The van der Waals surface area contributed by atoms with Crippen molar-refractivity contribution in [1.29, 1.82) is 0 Å². The first-order valence-electron chi connectivity index (χ1n) is 8.82. The van der Waals surface area contributed by atoms with E-state index in [-0.39, 0.29) is 12.5 Å². The number of hydrogen-bond acceptors (Lipinski definition) is 6. The van der Waals surface area contributed by atoms with E-state index in [2.05, 4.69) is 15.5 Å². The summed E-state index contributed by atoms with van der Waals surface area (Å²) < 4.78 is 10.9. The van der Waals surface area contributed by atoms with Gasteiger partial charge in [-0.3, -0.25) is 9.69 Å². The fraction of sp³-hybridized carbons (Fsp3) is 0.250. The molecule has 1 amide bonds. The molecule has 8 heteroatoms. The van der Waals surface area contributed by atoms with Gasteiger partial charge in [-0.15, -0.1) is 10.2 Å². The Morgan fingerprint density at radius 3 is 2.71 bits per heavy atom. The molecule has 0 fully saturated rings. The molecule has 146 valence electrons. The zero-order valence-electron chi connectivity index (χ0n) is 15.7. The van der Waals surface area contributed by atoms with Crippen LogP contribution in [0.15, 0.2) is 52.9 Å². The normalized spacial score (nSPS) is 10.9. The van der Waals surface area contributed by atoms with Gasteiger partial charge >= 0.3 is 0 Å². The highest BCUT2D eigenvalue weighted by atomic mass is 35.5. The third-order valence-electron chi connectivity index (χ3n) is 4.08. The summed E-state index contributed by atoms with van der Waals surface area (Å²) in [5.41, 5.74) is 1.48. The van der Waals surface area contributed by atoms with Gasteiger partial charge in [0, 0.05) is 22.3 Å². The number of ether oxygens (including phenoxy) is 1. The highest BCUT2D eigenvalue weighted by Gasteiger charge is 2.15. The second kappa shape index (κ2) is 9.34. The van der Waals surface area contributed by atoms with Gasteiger partial charge in [-0.2, -0.15) is 0 Å². The fourth-order valence-electron chi connectivity index (χ4n) is 2.60. The number of nitrogens with zero attached hydrogens (tertiary/aromatic N) is 3. The number of carbonyl (C=O) groups excluding carboxylic acids is 1. The van der Waals surface area contributed by atoms with Crippen LogP contribution in [0.3, 0.4) is 0 Å². The Balaban J connectivity index is 1.59. The van der Waals surface area contributed by atoms with Crippen molar-refractivity contribution < 1.29 is 13.9 Å². The van der Waals surface area contributed by atoms with Crippen LogP contribution in [0.25, 0.3) is 11.5 Å². The number of aromatic nitrogens is 2. The molecule has 1 N–H and O–H groups in total. The minimum Gasteiger partial charge on any atom is -0.497 e. The van der Waals surface area contributed by atoms with E-state index in [1.807, 2.05) is 42.2 Å². The molecule has 3 aromatic rings. The van der Waals surface area contributed by atoms with Crippen LogP contribution >= 0.6 is 11.6 Å². The van der Waals surface area contributed by atoms with Gasteiger partial charge in [0.25, 0.3) is 0 Å². The van der Waals surface area contributed by atoms with Crippen molar-refractivity contribution >= 4 is 23.2 Å². The number of nitrogens with one attached hydrogen (secondary N) is 1. The molecule has 0 saturated carbocycles. The summed E-state index contributed by atoms with van der Waals surface area (Å²) in [4.78, 5) is 14.3. The van der Waals surface area contributed by atoms with E-state index in [1.165, 1.54) is 0 Å². The Morgan fingerprint density at radius 1 is 1.21 bits per heavy atom. The van der Waals surface area contributed by atoms with Crippen LogP contribution < -0.4 is 10.1 Å². The van der Waals surface area contributed by atoms with Gasteiger partial charge in [-0.1, -0.05) is 24.6 Å². The summed E-state index contributed by atoms with van der Waals surface area (Å²) in [5, 5.41) is 11.7. The summed E-state index contributed by atoms with van der Waals surface area (Å²) in [6, 6.07) is 14.4. The molecule has 7 nitrogen and oxygen atoms in total. The van der Waals surface area contributed by atoms with Gasteiger partial charge < -0.3 is 14.5 Å². The van der Waals surface area contributed by atoms with Crippen LogP contribution in [0, 0.1) is 0 Å². The van der Waals surface area contributed by atoms with Gasteiger partial charge in [0.1, 0.15) is 5.75 Å². The van der Waals surface area contributed by atoms with Gasteiger partial charge in [0.05, 0.1) is 20.2 Å².